The first kappa shape index (κ1) is 13.5. The molecule has 0 saturated heterocycles. The third kappa shape index (κ3) is 3.10. The van der Waals surface area contributed by atoms with Gasteiger partial charge >= 0.3 is 0 Å². The van der Waals surface area contributed by atoms with Gasteiger partial charge in [-0.25, -0.2) is 0 Å². The number of nitrogens with two attached hydrogens (primary N) is 1. The largest absolute Gasteiger partial charge is 0.378 e. The number of carbonyl (C=O) groups excluding carboxylic acids is 1. The van der Waals surface area contributed by atoms with Gasteiger partial charge in [0.1, 0.15) is 5.69 Å². The van der Waals surface area contributed by atoms with Crippen LogP contribution in [0.4, 0.5) is 11.4 Å². The zero-order valence-corrected chi connectivity index (χ0v) is 10.5. The maximum atomic E-state index is 11.0. The Morgan fingerprint density at radius 1 is 1.50 bits per heavy atom. The van der Waals surface area contributed by atoms with E-state index in [1.807, 2.05) is 0 Å². The summed E-state index contributed by atoms with van der Waals surface area (Å²) < 4.78 is 1.70. The van der Waals surface area contributed by atoms with Crippen LogP contribution in [0, 0.1) is 10.1 Å². The Labute approximate surface area is 114 Å². The minimum absolute atomic E-state index is 0.106. The number of anilines is 1. The van der Waals surface area contributed by atoms with Gasteiger partial charge in [0, 0.05) is 30.6 Å². The number of nitro benzene ring substituents is 1. The number of primary amides is 1. The van der Waals surface area contributed by atoms with Crippen LogP contribution >= 0.6 is 0 Å². The van der Waals surface area contributed by atoms with E-state index in [1.54, 1.807) is 23.1 Å². The molecule has 0 atom stereocenters. The summed E-state index contributed by atoms with van der Waals surface area (Å²) in [5.74, 6) is -0.698. The highest BCUT2D eigenvalue weighted by atomic mass is 16.6. The smallest absolute Gasteiger partial charge is 0.293 e. The fourth-order valence-corrected chi connectivity index (χ4v) is 1.72. The Hall–Kier alpha value is -2.90. The molecule has 0 fully saturated rings. The van der Waals surface area contributed by atoms with Gasteiger partial charge in [0.15, 0.2) is 0 Å². The van der Waals surface area contributed by atoms with Crippen LogP contribution in [0.3, 0.4) is 0 Å². The molecule has 1 amide bonds. The average molecular weight is 275 g/mol. The van der Waals surface area contributed by atoms with Crippen LogP contribution in [0.15, 0.2) is 36.7 Å². The molecule has 0 spiro atoms. The lowest BCUT2D eigenvalue weighted by atomic mass is 10.1. The molecule has 0 aliphatic heterocycles. The van der Waals surface area contributed by atoms with Crippen molar-refractivity contribution in [3.63, 3.8) is 0 Å². The predicted octanol–water partition coefficient (Wildman–Crippen LogP) is 1.00. The van der Waals surface area contributed by atoms with Gasteiger partial charge in [-0.3, -0.25) is 19.6 Å². The van der Waals surface area contributed by atoms with Crippen molar-refractivity contribution in [3.8, 4) is 0 Å². The van der Waals surface area contributed by atoms with Crippen LogP contribution < -0.4 is 11.1 Å². The van der Waals surface area contributed by atoms with E-state index in [4.69, 9.17) is 5.73 Å². The Bertz CT molecular complexity index is 624. The second kappa shape index (κ2) is 5.83. The molecule has 20 heavy (non-hydrogen) atoms. The molecule has 8 nitrogen and oxygen atoms in total. The van der Waals surface area contributed by atoms with Crippen LogP contribution in [0.25, 0.3) is 0 Å². The second-order valence-electron chi connectivity index (χ2n) is 4.05. The molecule has 0 bridgehead atoms. The summed E-state index contributed by atoms with van der Waals surface area (Å²) in [5.41, 5.74) is 5.37. The van der Waals surface area contributed by atoms with E-state index >= 15 is 0 Å². The van der Waals surface area contributed by atoms with Crippen molar-refractivity contribution in [2.45, 2.75) is 6.54 Å². The quantitative estimate of drug-likeness (QED) is 0.602. The van der Waals surface area contributed by atoms with E-state index in [9.17, 15) is 14.9 Å². The number of nitro groups is 1. The van der Waals surface area contributed by atoms with Crippen molar-refractivity contribution < 1.29 is 9.72 Å². The molecule has 0 unspecified atom stereocenters. The summed E-state index contributed by atoms with van der Waals surface area (Å²) >= 11 is 0. The number of hydrogen-bond acceptors (Lipinski definition) is 5. The summed E-state index contributed by atoms with van der Waals surface area (Å²) in [5, 5.41) is 18.0. The summed E-state index contributed by atoms with van der Waals surface area (Å²) in [7, 11) is 0. The van der Waals surface area contributed by atoms with Gasteiger partial charge in [-0.1, -0.05) is 0 Å². The van der Waals surface area contributed by atoms with Gasteiger partial charge in [-0.05, 0) is 18.2 Å². The number of nitrogens with zero attached hydrogens (tertiary/aromatic N) is 3. The van der Waals surface area contributed by atoms with Crippen molar-refractivity contribution in [3.05, 3.63) is 52.3 Å². The van der Waals surface area contributed by atoms with E-state index in [0.717, 1.165) is 0 Å². The fourth-order valence-electron chi connectivity index (χ4n) is 1.72. The predicted molar refractivity (Wildman–Crippen MR) is 72.3 cm³/mol. The molecular formula is C12H13N5O3. The number of benzene rings is 1. The van der Waals surface area contributed by atoms with Gasteiger partial charge in [0.05, 0.1) is 11.5 Å². The van der Waals surface area contributed by atoms with Crippen molar-refractivity contribution in [1.29, 1.82) is 0 Å². The van der Waals surface area contributed by atoms with Crippen LogP contribution in [-0.4, -0.2) is 27.2 Å². The van der Waals surface area contributed by atoms with E-state index < -0.39 is 10.8 Å². The van der Waals surface area contributed by atoms with E-state index in [1.165, 1.54) is 18.2 Å². The normalized spacial score (nSPS) is 10.2. The van der Waals surface area contributed by atoms with Crippen LogP contribution in [0.5, 0.6) is 0 Å². The summed E-state index contributed by atoms with van der Waals surface area (Å²) in [6, 6.07) is 5.88. The van der Waals surface area contributed by atoms with E-state index in [0.29, 0.717) is 18.8 Å². The minimum Gasteiger partial charge on any atom is -0.378 e. The molecule has 1 aromatic heterocycles. The maximum Gasteiger partial charge on any atom is 0.293 e. The monoisotopic (exact) mass is 275 g/mol. The fraction of sp³-hybridized carbons (Fsp3) is 0.167. The molecule has 0 radical (unpaired) electrons. The van der Waals surface area contributed by atoms with Gasteiger partial charge in [-0.2, -0.15) is 5.10 Å². The summed E-state index contributed by atoms with van der Waals surface area (Å²) in [4.78, 5) is 21.5. The Morgan fingerprint density at radius 3 is 2.90 bits per heavy atom. The van der Waals surface area contributed by atoms with Crippen molar-refractivity contribution in [1.82, 2.24) is 9.78 Å². The highest BCUT2D eigenvalue weighted by molar-refractivity contribution is 5.94. The molecule has 8 heteroatoms. The third-order valence-electron chi connectivity index (χ3n) is 2.69. The lowest BCUT2D eigenvalue weighted by Crippen LogP contribution is -2.14. The first-order valence-corrected chi connectivity index (χ1v) is 5.87. The highest BCUT2D eigenvalue weighted by Crippen LogP contribution is 2.25. The zero-order chi connectivity index (χ0) is 14.5. The molecule has 1 aromatic carbocycles. The summed E-state index contributed by atoms with van der Waals surface area (Å²) in [6.07, 6.45) is 3.45. The van der Waals surface area contributed by atoms with E-state index in [-0.39, 0.29) is 11.3 Å². The Balaban J connectivity index is 2.10. The molecule has 0 aliphatic carbocycles. The number of carbonyl (C=O) groups is 1. The van der Waals surface area contributed by atoms with E-state index in [2.05, 4.69) is 10.4 Å². The van der Waals surface area contributed by atoms with Gasteiger partial charge in [-0.15, -0.1) is 0 Å². The maximum absolute atomic E-state index is 11.0. The van der Waals surface area contributed by atoms with Gasteiger partial charge in [0.25, 0.3) is 5.69 Å². The van der Waals surface area contributed by atoms with Gasteiger partial charge in [0.2, 0.25) is 5.91 Å². The number of rotatable bonds is 6. The molecule has 2 rings (SSSR count). The SMILES string of the molecule is NC(=O)c1ccc(NCCn2cccn2)c([N+](=O)[O-])c1. The Morgan fingerprint density at radius 2 is 2.30 bits per heavy atom. The average Bonchev–Trinajstić information content (AvgIpc) is 2.91. The van der Waals surface area contributed by atoms with Gasteiger partial charge < -0.3 is 11.1 Å². The number of amides is 1. The lowest BCUT2D eigenvalue weighted by Gasteiger charge is -2.08. The van der Waals surface area contributed by atoms with Crippen molar-refractivity contribution >= 4 is 17.3 Å². The highest BCUT2D eigenvalue weighted by Gasteiger charge is 2.16. The number of aromatic nitrogens is 2. The first-order valence-electron chi connectivity index (χ1n) is 5.87. The van der Waals surface area contributed by atoms with Crippen molar-refractivity contribution in [2.24, 2.45) is 5.73 Å². The minimum atomic E-state index is -0.698. The topological polar surface area (TPSA) is 116 Å². The molecule has 0 aliphatic rings. The third-order valence-corrected chi connectivity index (χ3v) is 2.69. The second-order valence-corrected chi connectivity index (χ2v) is 4.05. The lowest BCUT2D eigenvalue weighted by molar-refractivity contribution is -0.384. The molecule has 1 heterocycles. The van der Waals surface area contributed by atoms with Crippen LogP contribution in [0.2, 0.25) is 0 Å². The zero-order valence-electron chi connectivity index (χ0n) is 10.5. The van der Waals surface area contributed by atoms with Crippen LogP contribution in [0.1, 0.15) is 10.4 Å². The molecule has 2 aromatic rings. The number of nitrogens with one attached hydrogen (secondary N) is 1. The Kier molecular flexibility index (Phi) is 3.94. The molecular weight excluding hydrogens is 262 g/mol. The molecule has 3 N–H and O–H groups in total. The first-order chi connectivity index (χ1) is 9.58. The van der Waals surface area contributed by atoms with Crippen LogP contribution in [-0.2, 0) is 6.54 Å². The molecule has 0 saturated carbocycles. The summed E-state index contributed by atoms with van der Waals surface area (Å²) in [6.45, 7) is 1.04. The molecule has 104 valence electrons. The number of hydrogen-bond donors (Lipinski definition) is 2. The van der Waals surface area contributed by atoms with Crippen molar-refractivity contribution in [2.75, 3.05) is 11.9 Å². The standard InChI is InChI=1S/C12H13N5O3/c13-12(18)9-2-3-10(11(8-9)17(19)20)14-5-7-16-6-1-4-15-16/h1-4,6,8,14H,5,7H2,(H2,13,18).